The molecule has 0 bridgehead atoms. The Morgan fingerprint density at radius 1 is 1.43 bits per heavy atom. The van der Waals surface area contributed by atoms with Gasteiger partial charge in [-0.15, -0.1) is 0 Å². The lowest BCUT2D eigenvalue weighted by Crippen LogP contribution is -2.26. The molecular formula is C7H6ClNO4S. The monoisotopic (exact) mass is 235 g/mol. The van der Waals surface area contributed by atoms with Crippen LogP contribution >= 0.6 is 11.6 Å². The van der Waals surface area contributed by atoms with Crippen LogP contribution in [0.25, 0.3) is 0 Å². The molecule has 0 fully saturated rings. The van der Waals surface area contributed by atoms with E-state index in [9.17, 15) is 13.2 Å². The first-order valence-corrected chi connectivity index (χ1v) is 5.23. The quantitative estimate of drug-likeness (QED) is 0.780. The lowest BCUT2D eigenvalue weighted by atomic mass is 10.3. The van der Waals surface area contributed by atoms with Gasteiger partial charge in [-0.05, 0) is 12.1 Å². The third-order valence-electron chi connectivity index (χ3n) is 1.19. The molecule has 0 aliphatic rings. The van der Waals surface area contributed by atoms with E-state index in [-0.39, 0.29) is 12.2 Å². The van der Waals surface area contributed by atoms with Crippen LogP contribution in [0.3, 0.4) is 0 Å². The molecule has 0 spiro atoms. The molecule has 0 aromatic heterocycles. The number of nitrogens with one attached hydrogen (secondary N) is 1. The Kier molecular flexibility index (Phi) is 3.32. The van der Waals surface area contributed by atoms with Crippen LogP contribution in [0, 0.1) is 0 Å². The molecule has 7 heteroatoms. The lowest BCUT2D eigenvalue weighted by molar-refractivity contribution is -0.108. The van der Waals surface area contributed by atoms with Crippen molar-refractivity contribution in [1.82, 2.24) is 4.72 Å². The van der Waals surface area contributed by atoms with E-state index in [1.54, 1.807) is 6.07 Å². The zero-order valence-corrected chi connectivity index (χ0v) is 8.38. The normalized spacial score (nSPS) is 10.6. The van der Waals surface area contributed by atoms with Gasteiger partial charge in [0.25, 0.3) is 0 Å². The van der Waals surface area contributed by atoms with Crippen molar-refractivity contribution in [2.45, 2.75) is 0 Å². The largest absolute Gasteiger partial charge is 0.409 e. The van der Waals surface area contributed by atoms with Crippen molar-refractivity contribution < 1.29 is 17.4 Å². The van der Waals surface area contributed by atoms with E-state index >= 15 is 0 Å². The molecule has 0 saturated carbocycles. The first-order chi connectivity index (χ1) is 6.53. The molecule has 0 radical (unpaired) electrons. The molecular weight excluding hydrogens is 230 g/mol. The van der Waals surface area contributed by atoms with Gasteiger partial charge in [0.15, 0.2) is 0 Å². The first-order valence-electron chi connectivity index (χ1n) is 3.44. The number of rotatable bonds is 4. The van der Waals surface area contributed by atoms with Gasteiger partial charge in [0.05, 0.1) is 0 Å². The molecule has 76 valence electrons. The smallest absolute Gasteiger partial charge is 0.367 e. The van der Waals surface area contributed by atoms with Crippen LogP contribution in [-0.4, -0.2) is 14.8 Å². The van der Waals surface area contributed by atoms with Crippen molar-refractivity contribution in [3.05, 3.63) is 29.3 Å². The van der Waals surface area contributed by atoms with Crippen LogP contribution < -0.4 is 8.91 Å². The van der Waals surface area contributed by atoms with Gasteiger partial charge in [-0.2, -0.15) is 8.42 Å². The summed E-state index contributed by atoms with van der Waals surface area (Å²) in [5, 5.41) is 0.337. The Balaban J connectivity index is 2.84. The summed E-state index contributed by atoms with van der Waals surface area (Å²) >= 11 is 5.59. The van der Waals surface area contributed by atoms with E-state index in [2.05, 4.69) is 4.18 Å². The average molecular weight is 236 g/mol. The maximum absolute atomic E-state index is 10.9. The molecule has 5 nitrogen and oxygen atoms in total. The predicted octanol–water partition coefficient (Wildman–Crippen LogP) is 0.710. The fraction of sp³-hybridized carbons (Fsp3) is 0. The van der Waals surface area contributed by atoms with Crippen LogP contribution in [0.1, 0.15) is 0 Å². The fourth-order valence-corrected chi connectivity index (χ4v) is 1.43. The van der Waals surface area contributed by atoms with Gasteiger partial charge in [-0.25, -0.2) is 4.72 Å². The third kappa shape index (κ3) is 3.23. The number of carbonyl (C=O) groups is 1. The van der Waals surface area contributed by atoms with Crippen LogP contribution in [0.2, 0.25) is 5.02 Å². The average Bonchev–Trinajstić information content (AvgIpc) is 2.02. The molecule has 1 amide bonds. The number of hydrogen-bond donors (Lipinski definition) is 1. The molecule has 0 aliphatic carbocycles. The highest BCUT2D eigenvalue weighted by atomic mass is 35.5. The Morgan fingerprint density at radius 2 is 2.14 bits per heavy atom. The highest BCUT2D eigenvalue weighted by molar-refractivity contribution is 7.85. The number of hydrogen-bond acceptors (Lipinski definition) is 4. The maximum Gasteiger partial charge on any atom is 0.409 e. The Labute approximate surface area is 85.9 Å². The van der Waals surface area contributed by atoms with E-state index in [0.29, 0.717) is 5.02 Å². The standard InChI is InChI=1S/C7H6ClNO4S/c8-6-2-1-3-7(4-6)13-14(11,12)9-5-10/h1-5H,(H,9,10). The summed E-state index contributed by atoms with van der Waals surface area (Å²) in [4.78, 5) is 9.88. The third-order valence-corrected chi connectivity index (χ3v) is 2.23. The molecule has 1 rings (SSSR count). The van der Waals surface area contributed by atoms with Crippen LogP contribution in [0.4, 0.5) is 0 Å². The van der Waals surface area contributed by atoms with Crippen molar-refractivity contribution in [3.8, 4) is 5.75 Å². The number of carbonyl (C=O) groups excluding carboxylic acids is 1. The van der Waals surface area contributed by atoms with E-state index in [4.69, 9.17) is 11.6 Å². The van der Waals surface area contributed by atoms with Crippen LogP contribution in [0.15, 0.2) is 24.3 Å². The van der Waals surface area contributed by atoms with Gasteiger partial charge < -0.3 is 4.18 Å². The van der Waals surface area contributed by atoms with Gasteiger partial charge in [0.2, 0.25) is 6.41 Å². The minimum absolute atomic E-state index is 0.0138. The molecule has 1 N–H and O–H groups in total. The van der Waals surface area contributed by atoms with E-state index < -0.39 is 10.3 Å². The molecule has 0 saturated heterocycles. The number of amides is 1. The van der Waals surface area contributed by atoms with Gasteiger partial charge in [-0.3, -0.25) is 4.79 Å². The van der Waals surface area contributed by atoms with Crippen molar-refractivity contribution in [2.75, 3.05) is 0 Å². The molecule has 0 heterocycles. The van der Waals surface area contributed by atoms with Crippen molar-refractivity contribution >= 4 is 28.3 Å². The zero-order valence-electron chi connectivity index (χ0n) is 6.81. The SMILES string of the molecule is O=CNS(=O)(=O)Oc1cccc(Cl)c1. The molecule has 0 unspecified atom stereocenters. The van der Waals surface area contributed by atoms with Crippen LogP contribution in [-0.2, 0) is 15.1 Å². The fourth-order valence-electron chi connectivity index (χ4n) is 0.728. The maximum atomic E-state index is 10.9. The van der Waals surface area contributed by atoms with Gasteiger partial charge in [-0.1, -0.05) is 17.7 Å². The summed E-state index contributed by atoms with van der Waals surface area (Å²) in [6.07, 6.45) is 0.0138. The summed E-state index contributed by atoms with van der Waals surface area (Å²) < 4.78 is 27.8. The summed E-state index contributed by atoms with van der Waals surface area (Å²) in [6.45, 7) is 0. The van der Waals surface area contributed by atoms with Crippen LogP contribution in [0.5, 0.6) is 5.75 Å². The minimum Gasteiger partial charge on any atom is -0.367 e. The van der Waals surface area contributed by atoms with E-state index in [1.165, 1.54) is 22.9 Å². The highest BCUT2D eigenvalue weighted by Crippen LogP contribution is 2.17. The van der Waals surface area contributed by atoms with Crippen molar-refractivity contribution in [3.63, 3.8) is 0 Å². The predicted molar refractivity (Wildman–Crippen MR) is 50.2 cm³/mol. The topological polar surface area (TPSA) is 72.5 Å². The minimum atomic E-state index is -4.08. The highest BCUT2D eigenvalue weighted by Gasteiger charge is 2.10. The Hall–Kier alpha value is -1.27. The second-order valence-corrected chi connectivity index (χ2v) is 3.98. The second-order valence-electron chi connectivity index (χ2n) is 2.23. The molecule has 14 heavy (non-hydrogen) atoms. The summed E-state index contributed by atoms with van der Waals surface area (Å²) in [5.74, 6) is 0.0341. The number of halogens is 1. The van der Waals surface area contributed by atoms with Crippen molar-refractivity contribution in [2.24, 2.45) is 0 Å². The van der Waals surface area contributed by atoms with E-state index in [1.807, 2.05) is 0 Å². The van der Waals surface area contributed by atoms with Crippen molar-refractivity contribution in [1.29, 1.82) is 0 Å². The Bertz CT molecular complexity index is 431. The second kappa shape index (κ2) is 4.30. The zero-order chi connectivity index (χ0) is 10.6. The summed E-state index contributed by atoms with van der Waals surface area (Å²) in [6, 6.07) is 5.80. The summed E-state index contributed by atoms with van der Waals surface area (Å²) in [5.41, 5.74) is 0. The molecule has 1 aromatic carbocycles. The van der Waals surface area contributed by atoms with Gasteiger partial charge in [0, 0.05) is 11.1 Å². The van der Waals surface area contributed by atoms with Gasteiger partial charge >= 0.3 is 10.3 Å². The lowest BCUT2D eigenvalue weighted by Gasteiger charge is -2.04. The van der Waals surface area contributed by atoms with E-state index in [0.717, 1.165) is 0 Å². The van der Waals surface area contributed by atoms with Gasteiger partial charge in [0.1, 0.15) is 5.75 Å². The molecule has 1 aromatic rings. The number of benzene rings is 1. The summed E-state index contributed by atoms with van der Waals surface area (Å²) in [7, 11) is -4.08. The molecule has 0 atom stereocenters. The molecule has 0 aliphatic heterocycles. The first kappa shape index (κ1) is 10.8. The Morgan fingerprint density at radius 3 is 2.71 bits per heavy atom.